The molecule has 4 nitrogen and oxygen atoms in total. The van der Waals surface area contributed by atoms with E-state index >= 15 is 0 Å². The standard InChI is InChI=1S/C14H14ClFN2O2/c15-9-1-2-10(11(16)6-9)12-5-8(3-4-17-12)13-7-14(19)18-20-13/h1-2,6-8,12,17H,3-5H2,(H,18,19)/t8-,12-/m1/s1. The van der Waals surface area contributed by atoms with Crippen molar-refractivity contribution in [2.75, 3.05) is 6.54 Å². The van der Waals surface area contributed by atoms with Gasteiger partial charge in [0.25, 0.3) is 5.56 Å². The van der Waals surface area contributed by atoms with Gasteiger partial charge in [0.2, 0.25) is 0 Å². The number of H-pyrrole nitrogens is 1. The predicted molar refractivity (Wildman–Crippen MR) is 73.5 cm³/mol. The van der Waals surface area contributed by atoms with Gasteiger partial charge in [-0.15, -0.1) is 0 Å². The van der Waals surface area contributed by atoms with E-state index in [1.165, 1.54) is 12.1 Å². The van der Waals surface area contributed by atoms with Crippen LogP contribution in [0.3, 0.4) is 0 Å². The normalized spacial score (nSPS) is 22.9. The molecule has 1 aromatic carbocycles. The van der Waals surface area contributed by atoms with Crippen LogP contribution in [-0.2, 0) is 0 Å². The number of hydrogen-bond acceptors (Lipinski definition) is 3. The first-order valence-corrected chi connectivity index (χ1v) is 6.88. The summed E-state index contributed by atoms with van der Waals surface area (Å²) >= 11 is 5.77. The minimum absolute atomic E-state index is 0.105. The van der Waals surface area contributed by atoms with E-state index < -0.39 is 0 Å². The molecular formula is C14H14ClFN2O2. The van der Waals surface area contributed by atoms with E-state index in [2.05, 4.69) is 10.5 Å². The fraction of sp³-hybridized carbons (Fsp3) is 0.357. The van der Waals surface area contributed by atoms with E-state index in [1.54, 1.807) is 12.1 Å². The molecule has 0 aliphatic carbocycles. The SMILES string of the molecule is O=c1cc([C@@H]2CCN[C@@H](c3ccc(Cl)cc3F)C2)o[nH]1. The number of nitrogens with one attached hydrogen (secondary N) is 2. The van der Waals surface area contributed by atoms with Gasteiger partial charge < -0.3 is 9.84 Å². The molecule has 2 N–H and O–H groups in total. The third-order valence-electron chi connectivity index (χ3n) is 3.69. The minimum Gasteiger partial charge on any atom is -0.383 e. The summed E-state index contributed by atoms with van der Waals surface area (Å²) in [7, 11) is 0. The zero-order chi connectivity index (χ0) is 14.1. The number of aromatic amines is 1. The van der Waals surface area contributed by atoms with Gasteiger partial charge in [0.05, 0.1) is 0 Å². The molecule has 3 rings (SSSR count). The zero-order valence-electron chi connectivity index (χ0n) is 10.7. The van der Waals surface area contributed by atoms with Crippen LogP contribution in [0, 0.1) is 5.82 Å². The van der Waals surface area contributed by atoms with Crippen molar-refractivity contribution in [2.45, 2.75) is 24.8 Å². The van der Waals surface area contributed by atoms with Crippen LogP contribution in [0.4, 0.5) is 4.39 Å². The highest BCUT2D eigenvalue weighted by atomic mass is 35.5. The molecule has 2 aromatic rings. The molecule has 1 saturated heterocycles. The van der Waals surface area contributed by atoms with Crippen LogP contribution in [0.25, 0.3) is 0 Å². The van der Waals surface area contributed by atoms with Crippen molar-refractivity contribution in [1.29, 1.82) is 0 Å². The van der Waals surface area contributed by atoms with Crippen LogP contribution < -0.4 is 10.9 Å². The van der Waals surface area contributed by atoms with Crippen molar-refractivity contribution in [1.82, 2.24) is 10.5 Å². The summed E-state index contributed by atoms with van der Waals surface area (Å²) in [6.07, 6.45) is 1.53. The molecule has 106 valence electrons. The third-order valence-corrected chi connectivity index (χ3v) is 3.92. The average Bonchev–Trinajstić information content (AvgIpc) is 2.86. The fourth-order valence-corrected chi connectivity index (χ4v) is 2.85. The van der Waals surface area contributed by atoms with E-state index in [4.69, 9.17) is 16.1 Å². The molecule has 0 spiro atoms. The molecule has 0 radical (unpaired) electrons. The number of aromatic nitrogens is 1. The van der Waals surface area contributed by atoms with E-state index in [-0.39, 0.29) is 23.3 Å². The molecule has 20 heavy (non-hydrogen) atoms. The fourth-order valence-electron chi connectivity index (χ4n) is 2.70. The molecular weight excluding hydrogens is 283 g/mol. The van der Waals surface area contributed by atoms with Crippen LogP contribution in [-0.4, -0.2) is 11.7 Å². The smallest absolute Gasteiger partial charge is 0.280 e. The van der Waals surface area contributed by atoms with Crippen molar-refractivity contribution < 1.29 is 8.91 Å². The zero-order valence-corrected chi connectivity index (χ0v) is 11.4. The van der Waals surface area contributed by atoms with Gasteiger partial charge >= 0.3 is 0 Å². The molecule has 2 heterocycles. The number of benzene rings is 1. The highest BCUT2D eigenvalue weighted by molar-refractivity contribution is 6.30. The van der Waals surface area contributed by atoms with Crippen molar-refractivity contribution in [3.05, 3.63) is 56.8 Å². The Labute approximate surface area is 119 Å². The number of hydrogen-bond donors (Lipinski definition) is 2. The summed E-state index contributed by atoms with van der Waals surface area (Å²) in [5.74, 6) is 0.428. The maximum absolute atomic E-state index is 14.0. The van der Waals surface area contributed by atoms with Crippen molar-refractivity contribution in [3.63, 3.8) is 0 Å². The second-order valence-electron chi connectivity index (χ2n) is 5.01. The van der Waals surface area contributed by atoms with Crippen molar-refractivity contribution in [2.24, 2.45) is 0 Å². The van der Waals surface area contributed by atoms with Crippen LogP contribution in [0.5, 0.6) is 0 Å². The molecule has 0 saturated carbocycles. The Balaban J connectivity index is 1.83. The molecule has 0 unspecified atom stereocenters. The Hall–Kier alpha value is -1.59. The van der Waals surface area contributed by atoms with Gasteiger partial charge in [-0.3, -0.25) is 4.79 Å². The lowest BCUT2D eigenvalue weighted by Crippen LogP contribution is -2.31. The molecule has 1 aromatic heterocycles. The first kappa shape index (κ1) is 13.4. The molecule has 0 amide bonds. The van der Waals surface area contributed by atoms with Gasteiger partial charge in [-0.05, 0) is 31.5 Å². The first-order valence-electron chi connectivity index (χ1n) is 6.50. The second kappa shape index (κ2) is 5.42. The quantitative estimate of drug-likeness (QED) is 0.896. The van der Waals surface area contributed by atoms with Gasteiger partial charge in [-0.1, -0.05) is 17.7 Å². The molecule has 1 aliphatic rings. The van der Waals surface area contributed by atoms with E-state index in [1.807, 2.05) is 0 Å². The summed E-state index contributed by atoms with van der Waals surface area (Å²) in [5.41, 5.74) is 0.352. The van der Waals surface area contributed by atoms with Crippen LogP contribution in [0.15, 0.2) is 33.6 Å². The lowest BCUT2D eigenvalue weighted by molar-refractivity contribution is 0.292. The Bertz CT molecular complexity index is 667. The van der Waals surface area contributed by atoms with Crippen LogP contribution in [0.2, 0.25) is 5.02 Å². The van der Waals surface area contributed by atoms with Gasteiger partial charge in [0.1, 0.15) is 11.6 Å². The maximum Gasteiger partial charge on any atom is 0.280 e. The Kier molecular flexibility index (Phi) is 3.63. The van der Waals surface area contributed by atoms with E-state index in [0.29, 0.717) is 22.8 Å². The number of halogens is 2. The topological polar surface area (TPSA) is 58.0 Å². The molecule has 6 heteroatoms. The predicted octanol–water partition coefficient (Wildman–Crippen LogP) is 2.97. The molecule has 2 atom stereocenters. The average molecular weight is 297 g/mol. The van der Waals surface area contributed by atoms with Gasteiger partial charge in [0.15, 0.2) is 0 Å². The summed E-state index contributed by atoms with van der Waals surface area (Å²) < 4.78 is 19.1. The van der Waals surface area contributed by atoms with E-state index in [0.717, 1.165) is 13.0 Å². The maximum atomic E-state index is 14.0. The van der Waals surface area contributed by atoms with Crippen molar-refractivity contribution in [3.8, 4) is 0 Å². The Morgan fingerprint density at radius 1 is 1.35 bits per heavy atom. The van der Waals surface area contributed by atoms with Gasteiger partial charge in [-0.2, -0.15) is 5.16 Å². The first-order chi connectivity index (χ1) is 9.63. The van der Waals surface area contributed by atoms with Gasteiger partial charge in [0, 0.05) is 28.6 Å². The van der Waals surface area contributed by atoms with Crippen LogP contribution >= 0.6 is 11.6 Å². The minimum atomic E-state index is -0.314. The molecule has 1 aliphatic heterocycles. The van der Waals surface area contributed by atoms with E-state index in [9.17, 15) is 9.18 Å². The second-order valence-corrected chi connectivity index (χ2v) is 5.45. The van der Waals surface area contributed by atoms with Crippen LogP contribution in [0.1, 0.15) is 36.1 Å². The summed E-state index contributed by atoms with van der Waals surface area (Å²) in [5, 5.41) is 5.97. The third kappa shape index (κ3) is 2.64. The Morgan fingerprint density at radius 3 is 2.90 bits per heavy atom. The largest absolute Gasteiger partial charge is 0.383 e. The number of piperidine rings is 1. The van der Waals surface area contributed by atoms with Gasteiger partial charge in [-0.25, -0.2) is 4.39 Å². The van der Waals surface area contributed by atoms with Crippen molar-refractivity contribution >= 4 is 11.6 Å². The summed E-state index contributed by atoms with van der Waals surface area (Å²) in [6.45, 7) is 0.742. The summed E-state index contributed by atoms with van der Waals surface area (Å²) in [6, 6.07) is 6.06. The lowest BCUT2D eigenvalue weighted by atomic mass is 9.87. The summed E-state index contributed by atoms with van der Waals surface area (Å²) in [4.78, 5) is 11.1. The molecule has 0 bridgehead atoms. The monoisotopic (exact) mass is 296 g/mol. The Morgan fingerprint density at radius 2 is 2.20 bits per heavy atom. The highest BCUT2D eigenvalue weighted by Gasteiger charge is 2.27. The lowest BCUT2D eigenvalue weighted by Gasteiger charge is -2.29. The number of rotatable bonds is 2. The highest BCUT2D eigenvalue weighted by Crippen LogP contribution is 2.34. The molecule has 1 fully saturated rings.